The van der Waals surface area contributed by atoms with Gasteiger partial charge in [-0.25, -0.2) is 0 Å². The lowest BCUT2D eigenvalue weighted by Gasteiger charge is -1.99. The number of H-pyrrole nitrogens is 1. The Labute approximate surface area is 110 Å². The molecule has 2 nitrogen and oxygen atoms in total. The average molecular weight is 243 g/mol. The smallest absolute Gasteiger partial charge is 0.0708 e. The molecule has 0 spiro atoms. The van der Waals surface area contributed by atoms with Gasteiger partial charge in [-0.2, -0.15) is 0 Å². The Kier molecular flexibility index (Phi) is 2.15. The van der Waals surface area contributed by atoms with Crippen LogP contribution >= 0.6 is 0 Å². The second kappa shape index (κ2) is 3.95. The van der Waals surface area contributed by atoms with E-state index in [0.29, 0.717) is 0 Å². The van der Waals surface area contributed by atoms with Crippen LogP contribution in [0.4, 0.5) is 0 Å². The highest BCUT2D eigenvalue weighted by molar-refractivity contribution is 6.07. The number of aromatic amines is 1. The van der Waals surface area contributed by atoms with E-state index in [1.165, 1.54) is 10.8 Å². The van der Waals surface area contributed by atoms with Gasteiger partial charge in [0.15, 0.2) is 0 Å². The van der Waals surface area contributed by atoms with Crippen LogP contribution in [0.15, 0.2) is 60.8 Å². The Bertz CT molecular complexity index is 860. The number of nitrogens with zero attached hydrogens (tertiary/aromatic N) is 1. The fraction of sp³-hybridized carbons (Fsp3) is 0. The molecule has 0 aliphatic rings. The summed E-state index contributed by atoms with van der Waals surface area (Å²) in [7, 11) is 0. The largest absolute Gasteiger partial charge is 0.354 e. The van der Waals surface area contributed by atoms with Crippen molar-refractivity contribution in [2.24, 2.45) is 0 Å². The molecule has 0 atom stereocenters. The van der Waals surface area contributed by atoms with Gasteiger partial charge in [0.25, 0.3) is 0 Å². The van der Waals surface area contributed by atoms with Crippen molar-refractivity contribution in [3.05, 3.63) is 66.9 Å². The maximum absolute atomic E-state index is 4.36. The predicted molar refractivity (Wildman–Crippen MR) is 77.9 cm³/mol. The first-order valence-corrected chi connectivity index (χ1v) is 6.26. The van der Waals surface area contributed by atoms with Crippen LogP contribution in [0.3, 0.4) is 0 Å². The van der Waals surface area contributed by atoms with E-state index in [-0.39, 0.29) is 0 Å². The van der Waals surface area contributed by atoms with Gasteiger partial charge in [0.1, 0.15) is 0 Å². The summed E-state index contributed by atoms with van der Waals surface area (Å²) in [6, 6.07) is 21.8. The Balaban J connectivity index is 1.99. The number of hydrogen-bond donors (Lipinski definition) is 1. The second-order valence-electron chi connectivity index (χ2n) is 4.55. The van der Waals surface area contributed by atoms with Crippen molar-refractivity contribution in [1.29, 1.82) is 0 Å². The second-order valence-corrected chi connectivity index (χ2v) is 4.55. The topological polar surface area (TPSA) is 28.7 Å². The molecule has 0 aliphatic heterocycles. The van der Waals surface area contributed by atoms with E-state index in [9.17, 15) is 0 Å². The van der Waals surface area contributed by atoms with Gasteiger partial charge in [-0.15, -0.1) is 0 Å². The molecule has 0 saturated heterocycles. The molecule has 2 heterocycles. The van der Waals surface area contributed by atoms with E-state index in [1.54, 1.807) is 6.20 Å². The van der Waals surface area contributed by atoms with Crippen LogP contribution in [0, 0.1) is 6.07 Å². The zero-order valence-corrected chi connectivity index (χ0v) is 10.2. The van der Waals surface area contributed by atoms with E-state index < -0.39 is 0 Å². The van der Waals surface area contributed by atoms with Crippen molar-refractivity contribution in [2.75, 3.05) is 0 Å². The van der Waals surface area contributed by atoms with Crippen LogP contribution < -0.4 is 0 Å². The van der Waals surface area contributed by atoms with E-state index >= 15 is 0 Å². The van der Waals surface area contributed by atoms with Crippen LogP contribution in [0.5, 0.6) is 0 Å². The summed E-state index contributed by atoms with van der Waals surface area (Å²) in [5, 5.41) is 2.44. The van der Waals surface area contributed by atoms with Crippen LogP contribution in [-0.4, -0.2) is 9.97 Å². The number of aromatic nitrogens is 2. The first-order valence-electron chi connectivity index (χ1n) is 6.26. The maximum Gasteiger partial charge on any atom is 0.0708 e. The highest BCUT2D eigenvalue weighted by Crippen LogP contribution is 2.28. The molecule has 2 aromatic carbocycles. The van der Waals surface area contributed by atoms with Crippen LogP contribution in [0.1, 0.15) is 0 Å². The zero-order chi connectivity index (χ0) is 12.7. The normalized spacial score (nSPS) is 11.2. The monoisotopic (exact) mass is 243 g/mol. The van der Waals surface area contributed by atoms with E-state index in [1.807, 2.05) is 24.3 Å². The van der Waals surface area contributed by atoms with Crippen molar-refractivity contribution in [1.82, 2.24) is 9.97 Å². The quantitative estimate of drug-likeness (QED) is 0.533. The molecule has 2 aromatic heterocycles. The van der Waals surface area contributed by atoms with Crippen LogP contribution in [0.25, 0.3) is 33.1 Å². The summed E-state index contributed by atoms with van der Waals surface area (Å²) >= 11 is 0. The molecule has 1 N–H and O–H groups in total. The van der Waals surface area contributed by atoms with Crippen molar-refractivity contribution in [3.63, 3.8) is 0 Å². The van der Waals surface area contributed by atoms with Gasteiger partial charge in [-0.05, 0) is 18.2 Å². The molecule has 0 fully saturated rings. The van der Waals surface area contributed by atoms with Crippen LogP contribution in [0.2, 0.25) is 0 Å². The molecule has 1 radical (unpaired) electrons. The third-order valence-electron chi connectivity index (χ3n) is 3.36. The number of nitrogens with one attached hydrogen (secondary N) is 1. The minimum atomic E-state index is 0.947. The number of fused-ring (bicyclic) bond motifs is 3. The molecule has 0 saturated carbocycles. The zero-order valence-electron chi connectivity index (χ0n) is 10.2. The summed E-state index contributed by atoms with van der Waals surface area (Å²) in [5.41, 5.74) is 4.14. The minimum Gasteiger partial charge on any atom is -0.354 e. The third-order valence-corrected chi connectivity index (χ3v) is 3.36. The Hall–Kier alpha value is -2.61. The molecular weight excluding hydrogens is 232 g/mol. The molecular formula is C17H11N2. The first kappa shape index (κ1) is 10.3. The summed E-state index contributed by atoms with van der Waals surface area (Å²) in [6.45, 7) is 0. The number of rotatable bonds is 1. The van der Waals surface area contributed by atoms with Crippen molar-refractivity contribution in [3.8, 4) is 11.3 Å². The van der Waals surface area contributed by atoms with Crippen molar-refractivity contribution < 1.29 is 0 Å². The molecule has 2 heteroatoms. The van der Waals surface area contributed by atoms with Gasteiger partial charge >= 0.3 is 0 Å². The van der Waals surface area contributed by atoms with E-state index in [2.05, 4.69) is 46.4 Å². The Morgan fingerprint density at radius 2 is 1.74 bits per heavy atom. The number of para-hydroxylation sites is 1. The van der Waals surface area contributed by atoms with E-state index in [4.69, 9.17) is 0 Å². The fourth-order valence-electron chi connectivity index (χ4n) is 2.45. The third kappa shape index (κ3) is 1.61. The number of benzene rings is 2. The minimum absolute atomic E-state index is 0.947. The maximum atomic E-state index is 4.36. The molecule has 4 aromatic rings. The fourth-order valence-corrected chi connectivity index (χ4v) is 2.45. The molecule has 89 valence electrons. The lowest BCUT2D eigenvalue weighted by atomic mass is 10.1. The SMILES string of the molecule is [c]1c(-c2ccccn2)ccc2c1[nH]c1ccccc12. The standard InChI is InChI=1S/C17H11N2/c1-2-7-16-13(5-1)14-9-8-12(11-17(14)19-16)15-6-3-4-10-18-15/h1-10,19H. The van der Waals surface area contributed by atoms with Gasteiger partial charge in [-0.3, -0.25) is 4.98 Å². The van der Waals surface area contributed by atoms with E-state index in [0.717, 1.165) is 22.3 Å². The van der Waals surface area contributed by atoms with Gasteiger partial charge in [0, 0.05) is 34.1 Å². The Morgan fingerprint density at radius 3 is 2.63 bits per heavy atom. The highest BCUT2D eigenvalue weighted by Gasteiger charge is 2.06. The molecule has 19 heavy (non-hydrogen) atoms. The summed E-state index contributed by atoms with van der Waals surface area (Å²) in [5.74, 6) is 0. The summed E-state index contributed by atoms with van der Waals surface area (Å²) in [6.07, 6.45) is 1.80. The molecule has 0 aliphatic carbocycles. The lowest BCUT2D eigenvalue weighted by molar-refractivity contribution is 1.33. The summed E-state index contributed by atoms with van der Waals surface area (Å²) < 4.78 is 0. The van der Waals surface area contributed by atoms with Gasteiger partial charge in [0.05, 0.1) is 11.2 Å². The van der Waals surface area contributed by atoms with Crippen molar-refractivity contribution >= 4 is 21.8 Å². The number of hydrogen-bond acceptors (Lipinski definition) is 1. The lowest BCUT2D eigenvalue weighted by Crippen LogP contribution is -1.82. The van der Waals surface area contributed by atoms with Crippen LogP contribution in [-0.2, 0) is 0 Å². The predicted octanol–water partition coefficient (Wildman–Crippen LogP) is 4.18. The first-order chi connectivity index (χ1) is 9.42. The molecule has 0 bridgehead atoms. The van der Waals surface area contributed by atoms with Gasteiger partial charge in [-0.1, -0.05) is 36.4 Å². The Morgan fingerprint density at radius 1 is 0.842 bits per heavy atom. The van der Waals surface area contributed by atoms with Gasteiger partial charge < -0.3 is 4.98 Å². The average Bonchev–Trinajstić information content (AvgIpc) is 2.86. The number of pyridine rings is 1. The molecule has 4 rings (SSSR count). The molecule has 0 unspecified atom stereocenters. The summed E-state index contributed by atoms with van der Waals surface area (Å²) in [4.78, 5) is 7.77. The molecule has 0 amide bonds. The van der Waals surface area contributed by atoms with Crippen molar-refractivity contribution in [2.45, 2.75) is 0 Å². The van der Waals surface area contributed by atoms with Gasteiger partial charge in [0.2, 0.25) is 0 Å². The highest BCUT2D eigenvalue weighted by atomic mass is 14.7.